The van der Waals surface area contributed by atoms with Crippen LogP contribution in [0.4, 0.5) is 0 Å². The number of halogens is 1. The molecule has 0 unspecified atom stereocenters. The smallest absolute Gasteiger partial charge is 0.188 e. The van der Waals surface area contributed by atoms with Crippen LogP contribution in [-0.2, 0) is 6.42 Å². The van der Waals surface area contributed by atoms with E-state index in [2.05, 4.69) is 55.3 Å². The van der Waals surface area contributed by atoms with Crippen LogP contribution in [0.5, 0.6) is 0 Å². The van der Waals surface area contributed by atoms with Gasteiger partial charge in [0.1, 0.15) is 0 Å². The van der Waals surface area contributed by atoms with Crippen molar-refractivity contribution < 1.29 is 0 Å². The lowest BCUT2D eigenvalue weighted by atomic mass is 10.1. The zero-order valence-electron chi connectivity index (χ0n) is 11.4. The van der Waals surface area contributed by atoms with Crippen LogP contribution in [0.1, 0.15) is 25.0 Å². The molecule has 0 amide bonds. The van der Waals surface area contributed by atoms with E-state index in [4.69, 9.17) is 5.73 Å². The number of benzene rings is 1. The summed E-state index contributed by atoms with van der Waals surface area (Å²) >= 11 is 0. The molecule has 102 valence electrons. The van der Waals surface area contributed by atoms with Gasteiger partial charge >= 0.3 is 0 Å². The van der Waals surface area contributed by atoms with Crippen molar-refractivity contribution in [1.29, 1.82) is 0 Å². The summed E-state index contributed by atoms with van der Waals surface area (Å²) in [4.78, 5) is 4.25. The van der Waals surface area contributed by atoms with Crippen molar-refractivity contribution in [2.24, 2.45) is 16.6 Å². The fourth-order valence-electron chi connectivity index (χ4n) is 1.43. The Balaban J connectivity index is 0.00000289. The van der Waals surface area contributed by atoms with Gasteiger partial charge in [-0.3, -0.25) is 4.99 Å². The molecule has 4 heteroatoms. The zero-order chi connectivity index (χ0) is 12.7. The first-order chi connectivity index (χ1) is 8.08. The Morgan fingerprint density at radius 3 is 2.44 bits per heavy atom. The molecule has 0 fully saturated rings. The first kappa shape index (κ1) is 17.2. The Morgan fingerprint density at radius 1 is 1.28 bits per heavy atom. The summed E-state index contributed by atoms with van der Waals surface area (Å²) in [5, 5.41) is 3.13. The second-order valence-electron chi connectivity index (χ2n) is 4.78. The van der Waals surface area contributed by atoms with Crippen LogP contribution in [0.15, 0.2) is 29.3 Å². The Kier molecular flexibility index (Phi) is 8.79. The number of aliphatic imine (C=N–C) groups is 1. The van der Waals surface area contributed by atoms with Gasteiger partial charge in [-0.05, 0) is 24.8 Å². The molecule has 0 saturated carbocycles. The zero-order valence-corrected chi connectivity index (χ0v) is 13.8. The summed E-state index contributed by atoms with van der Waals surface area (Å²) in [6.45, 7) is 7.96. The van der Waals surface area contributed by atoms with Crippen LogP contribution in [0.25, 0.3) is 0 Å². The lowest BCUT2D eigenvalue weighted by Crippen LogP contribution is -2.33. The molecule has 0 saturated heterocycles. The highest BCUT2D eigenvalue weighted by Crippen LogP contribution is 2.02. The largest absolute Gasteiger partial charge is 0.370 e. The topological polar surface area (TPSA) is 50.4 Å². The molecule has 0 aromatic heterocycles. The molecule has 0 aliphatic carbocycles. The highest BCUT2D eigenvalue weighted by Gasteiger charge is 1.95. The number of rotatable bonds is 5. The van der Waals surface area contributed by atoms with Crippen LogP contribution in [0.2, 0.25) is 0 Å². The molecular weight excluding hydrogens is 337 g/mol. The maximum Gasteiger partial charge on any atom is 0.188 e. The third-order valence-corrected chi connectivity index (χ3v) is 2.47. The summed E-state index contributed by atoms with van der Waals surface area (Å²) in [6.07, 6.45) is 0.970. The fraction of sp³-hybridized carbons (Fsp3) is 0.500. The van der Waals surface area contributed by atoms with Crippen LogP contribution in [0, 0.1) is 12.8 Å². The first-order valence-electron chi connectivity index (χ1n) is 6.17. The molecule has 0 heterocycles. The number of aryl methyl sites for hydroxylation is 1. The van der Waals surface area contributed by atoms with E-state index >= 15 is 0 Å². The predicted octanol–water partition coefficient (Wildman–Crippen LogP) is 2.72. The molecule has 0 spiro atoms. The van der Waals surface area contributed by atoms with Gasteiger partial charge in [-0.15, -0.1) is 24.0 Å². The Labute approximate surface area is 127 Å². The summed E-state index contributed by atoms with van der Waals surface area (Å²) in [6, 6.07) is 8.56. The number of nitrogens with two attached hydrogens (primary N) is 1. The highest BCUT2D eigenvalue weighted by molar-refractivity contribution is 14.0. The Bertz CT molecular complexity index is 358. The second-order valence-corrected chi connectivity index (χ2v) is 4.78. The van der Waals surface area contributed by atoms with Gasteiger partial charge in [-0.1, -0.05) is 43.7 Å². The average Bonchev–Trinajstić information content (AvgIpc) is 2.29. The molecule has 0 aliphatic heterocycles. The van der Waals surface area contributed by atoms with Crippen molar-refractivity contribution >= 4 is 29.9 Å². The molecule has 0 atom stereocenters. The standard InChI is InChI=1S/C14H23N3.HI/c1-11(2)10-17-14(15)16-9-8-13-6-4-12(3)5-7-13;/h4-7,11H,8-10H2,1-3H3,(H3,15,16,17);1H. The molecule has 3 nitrogen and oxygen atoms in total. The summed E-state index contributed by atoms with van der Waals surface area (Å²) < 4.78 is 0. The number of hydrogen-bond donors (Lipinski definition) is 2. The maximum atomic E-state index is 5.75. The third-order valence-electron chi connectivity index (χ3n) is 2.47. The summed E-state index contributed by atoms with van der Waals surface area (Å²) in [5.74, 6) is 1.10. The van der Waals surface area contributed by atoms with E-state index in [0.717, 1.165) is 19.5 Å². The van der Waals surface area contributed by atoms with Crippen molar-refractivity contribution in [1.82, 2.24) is 5.32 Å². The van der Waals surface area contributed by atoms with Crippen molar-refractivity contribution in [3.63, 3.8) is 0 Å². The van der Waals surface area contributed by atoms with E-state index in [1.165, 1.54) is 11.1 Å². The van der Waals surface area contributed by atoms with Gasteiger partial charge in [0.25, 0.3) is 0 Å². The van der Waals surface area contributed by atoms with Crippen molar-refractivity contribution in [2.45, 2.75) is 27.2 Å². The predicted molar refractivity (Wildman–Crippen MR) is 89.6 cm³/mol. The van der Waals surface area contributed by atoms with E-state index in [1.807, 2.05) is 0 Å². The van der Waals surface area contributed by atoms with Crippen molar-refractivity contribution in [2.75, 3.05) is 13.1 Å². The van der Waals surface area contributed by atoms with Crippen LogP contribution < -0.4 is 11.1 Å². The fourth-order valence-corrected chi connectivity index (χ4v) is 1.43. The molecular formula is C14H24IN3. The minimum Gasteiger partial charge on any atom is -0.370 e. The molecule has 0 bridgehead atoms. The number of guanidine groups is 1. The average molecular weight is 361 g/mol. The minimum atomic E-state index is 0. The van der Waals surface area contributed by atoms with Gasteiger partial charge in [-0.2, -0.15) is 0 Å². The molecule has 1 rings (SSSR count). The lowest BCUT2D eigenvalue weighted by molar-refractivity contribution is 0.661. The van der Waals surface area contributed by atoms with Crippen LogP contribution in [-0.4, -0.2) is 19.0 Å². The van der Waals surface area contributed by atoms with E-state index < -0.39 is 0 Å². The monoisotopic (exact) mass is 361 g/mol. The molecule has 1 aromatic rings. The van der Waals surface area contributed by atoms with Gasteiger partial charge in [0.15, 0.2) is 5.96 Å². The van der Waals surface area contributed by atoms with Crippen LogP contribution >= 0.6 is 24.0 Å². The third kappa shape index (κ3) is 7.53. The highest BCUT2D eigenvalue weighted by atomic mass is 127. The van der Waals surface area contributed by atoms with E-state index in [9.17, 15) is 0 Å². The van der Waals surface area contributed by atoms with Gasteiger partial charge in [0.05, 0.1) is 0 Å². The van der Waals surface area contributed by atoms with E-state index in [0.29, 0.717) is 11.9 Å². The van der Waals surface area contributed by atoms with Crippen molar-refractivity contribution in [3.8, 4) is 0 Å². The van der Waals surface area contributed by atoms with E-state index in [-0.39, 0.29) is 24.0 Å². The molecule has 0 radical (unpaired) electrons. The molecule has 0 aliphatic rings. The summed E-state index contributed by atoms with van der Waals surface area (Å²) in [7, 11) is 0. The minimum absolute atomic E-state index is 0. The van der Waals surface area contributed by atoms with Gasteiger partial charge < -0.3 is 11.1 Å². The molecule has 18 heavy (non-hydrogen) atoms. The normalized spacial score (nSPS) is 11.2. The van der Waals surface area contributed by atoms with Gasteiger partial charge in [-0.25, -0.2) is 0 Å². The van der Waals surface area contributed by atoms with Gasteiger partial charge in [0, 0.05) is 13.1 Å². The van der Waals surface area contributed by atoms with E-state index in [1.54, 1.807) is 0 Å². The quantitative estimate of drug-likeness (QED) is 0.481. The Hall–Kier alpha value is -0.780. The Morgan fingerprint density at radius 2 is 1.89 bits per heavy atom. The number of nitrogens with zero attached hydrogens (tertiary/aromatic N) is 1. The molecule has 3 N–H and O–H groups in total. The second kappa shape index (κ2) is 9.19. The van der Waals surface area contributed by atoms with Crippen LogP contribution in [0.3, 0.4) is 0 Å². The number of nitrogens with one attached hydrogen (secondary N) is 1. The summed E-state index contributed by atoms with van der Waals surface area (Å²) in [5.41, 5.74) is 8.36. The maximum absolute atomic E-state index is 5.75. The number of hydrogen-bond acceptors (Lipinski definition) is 1. The molecule has 1 aromatic carbocycles. The van der Waals surface area contributed by atoms with Gasteiger partial charge in [0.2, 0.25) is 0 Å². The first-order valence-corrected chi connectivity index (χ1v) is 6.17. The van der Waals surface area contributed by atoms with Crippen molar-refractivity contribution in [3.05, 3.63) is 35.4 Å². The lowest BCUT2D eigenvalue weighted by Gasteiger charge is -2.07. The SMILES string of the molecule is Cc1ccc(CCNC(N)=NCC(C)C)cc1.I.